The van der Waals surface area contributed by atoms with Gasteiger partial charge in [-0.1, -0.05) is 49.6 Å². The zero-order valence-corrected chi connectivity index (χ0v) is 15.4. The third-order valence-electron chi connectivity index (χ3n) is 4.47. The molecule has 1 aliphatic rings. The van der Waals surface area contributed by atoms with Crippen LogP contribution >= 0.6 is 0 Å². The van der Waals surface area contributed by atoms with Crippen LogP contribution in [0.2, 0.25) is 0 Å². The van der Waals surface area contributed by atoms with Crippen molar-refractivity contribution in [3.8, 4) is 0 Å². The number of carbonyl (C=O) groups is 1. The minimum Gasteiger partial charge on any atom is -0.357 e. The van der Waals surface area contributed by atoms with Gasteiger partial charge in [0.1, 0.15) is 0 Å². The van der Waals surface area contributed by atoms with Gasteiger partial charge in [-0.3, -0.25) is 9.79 Å². The van der Waals surface area contributed by atoms with Gasteiger partial charge < -0.3 is 16.0 Å². The molecule has 0 aromatic heterocycles. The number of guanidine groups is 1. The molecule has 25 heavy (non-hydrogen) atoms. The van der Waals surface area contributed by atoms with Crippen LogP contribution in [0.4, 0.5) is 0 Å². The van der Waals surface area contributed by atoms with Crippen LogP contribution in [0.15, 0.2) is 35.3 Å². The lowest BCUT2D eigenvalue weighted by Gasteiger charge is -2.22. The molecule has 0 unspecified atom stereocenters. The number of hydrogen-bond acceptors (Lipinski definition) is 2. The molecule has 1 saturated carbocycles. The Balaban J connectivity index is 1.68. The summed E-state index contributed by atoms with van der Waals surface area (Å²) in [6, 6.07) is 10.8. The van der Waals surface area contributed by atoms with Crippen LogP contribution in [0.3, 0.4) is 0 Å². The van der Waals surface area contributed by atoms with Gasteiger partial charge in [-0.05, 0) is 31.7 Å². The van der Waals surface area contributed by atoms with Gasteiger partial charge in [0.2, 0.25) is 5.91 Å². The monoisotopic (exact) mass is 344 g/mol. The van der Waals surface area contributed by atoms with Gasteiger partial charge in [-0.25, -0.2) is 0 Å². The molecule has 3 N–H and O–H groups in total. The Morgan fingerprint density at radius 1 is 1.12 bits per heavy atom. The first-order chi connectivity index (χ1) is 12.3. The number of nitrogens with zero attached hydrogens (tertiary/aromatic N) is 1. The van der Waals surface area contributed by atoms with Crippen LogP contribution < -0.4 is 16.0 Å². The summed E-state index contributed by atoms with van der Waals surface area (Å²) in [6.07, 6.45) is 7.42. The van der Waals surface area contributed by atoms with Gasteiger partial charge in [-0.2, -0.15) is 0 Å². The molecule has 0 aliphatic heterocycles. The molecule has 2 rings (SSSR count). The van der Waals surface area contributed by atoms with Gasteiger partial charge >= 0.3 is 0 Å². The maximum Gasteiger partial charge on any atom is 0.222 e. The molecule has 138 valence electrons. The number of benzene rings is 1. The van der Waals surface area contributed by atoms with E-state index in [9.17, 15) is 4.79 Å². The van der Waals surface area contributed by atoms with Crippen molar-refractivity contribution in [1.82, 2.24) is 16.0 Å². The number of rotatable bonds is 8. The largest absolute Gasteiger partial charge is 0.357 e. The minimum atomic E-state index is 0.121. The molecule has 0 bridgehead atoms. The predicted molar refractivity (Wildman–Crippen MR) is 104 cm³/mol. The van der Waals surface area contributed by atoms with Crippen molar-refractivity contribution >= 4 is 11.9 Å². The van der Waals surface area contributed by atoms with Crippen molar-refractivity contribution in [2.45, 2.75) is 57.9 Å². The molecule has 5 nitrogen and oxygen atoms in total. The lowest BCUT2D eigenvalue weighted by molar-refractivity contribution is -0.121. The second-order valence-electron chi connectivity index (χ2n) is 6.58. The lowest BCUT2D eigenvalue weighted by Crippen LogP contribution is -2.39. The summed E-state index contributed by atoms with van der Waals surface area (Å²) in [7, 11) is 0. The number of aliphatic imine (C=N–C) groups is 1. The Morgan fingerprint density at radius 3 is 2.60 bits per heavy atom. The van der Waals surface area contributed by atoms with E-state index in [4.69, 9.17) is 0 Å². The molecule has 1 fully saturated rings. The fraction of sp³-hybridized carbons (Fsp3) is 0.600. The van der Waals surface area contributed by atoms with Crippen LogP contribution in [0.1, 0.15) is 51.0 Å². The van der Waals surface area contributed by atoms with Gasteiger partial charge in [-0.15, -0.1) is 0 Å². The Hall–Kier alpha value is -2.04. The number of nitrogens with one attached hydrogen (secondary N) is 3. The number of hydrogen-bond donors (Lipinski definition) is 3. The zero-order valence-electron chi connectivity index (χ0n) is 15.4. The molecule has 0 radical (unpaired) electrons. The first-order valence-corrected chi connectivity index (χ1v) is 9.63. The Kier molecular flexibility index (Phi) is 8.87. The summed E-state index contributed by atoms with van der Waals surface area (Å²) in [5.74, 6) is 0.902. The first-order valence-electron chi connectivity index (χ1n) is 9.63. The Labute approximate surface area is 151 Å². The average Bonchev–Trinajstić information content (AvgIpc) is 2.63. The SMILES string of the molecule is CCNC(=NCCC(=O)NC1CCCCC1)NCCc1ccccc1. The van der Waals surface area contributed by atoms with Crippen LogP contribution in [-0.4, -0.2) is 37.5 Å². The van der Waals surface area contributed by atoms with Gasteiger partial charge in [0.25, 0.3) is 0 Å². The van der Waals surface area contributed by atoms with E-state index in [-0.39, 0.29) is 5.91 Å². The quantitative estimate of drug-likeness (QED) is 0.502. The summed E-state index contributed by atoms with van der Waals surface area (Å²) < 4.78 is 0. The first kappa shape index (κ1) is 19.3. The molecule has 0 spiro atoms. The molecular weight excluding hydrogens is 312 g/mol. The van der Waals surface area contributed by atoms with Crippen molar-refractivity contribution < 1.29 is 4.79 Å². The molecule has 0 atom stereocenters. The smallest absolute Gasteiger partial charge is 0.222 e. The zero-order chi connectivity index (χ0) is 17.7. The van der Waals surface area contributed by atoms with Crippen molar-refractivity contribution in [3.63, 3.8) is 0 Å². The van der Waals surface area contributed by atoms with E-state index in [0.29, 0.717) is 19.0 Å². The third-order valence-corrected chi connectivity index (χ3v) is 4.47. The molecule has 0 heterocycles. The average molecular weight is 345 g/mol. The molecule has 5 heteroatoms. The summed E-state index contributed by atoms with van der Waals surface area (Å²) >= 11 is 0. The Morgan fingerprint density at radius 2 is 1.88 bits per heavy atom. The summed E-state index contributed by atoms with van der Waals surface area (Å²) in [5.41, 5.74) is 1.30. The Bertz CT molecular complexity index is 524. The highest BCUT2D eigenvalue weighted by Gasteiger charge is 2.15. The second-order valence-corrected chi connectivity index (χ2v) is 6.58. The van der Waals surface area contributed by atoms with Gasteiger partial charge in [0.15, 0.2) is 5.96 Å². The van der Waals surface area contributed by atoms with E-state index in [0.717, 1.165) is 38.3 Å². The highest BCUT2D eigenvalue weighted by Crippen LogP contribution is 2.17. The fourth-order valence-electron chi connectivity index (χ4n) is 3.13. The summed E-state index contributed by atoms with van der Waals surface area (Å²) in [4.78, 5) is 16.5. The molecule has 1 aromatic rings. The highest BCUT2D eigenvalue weighted by atomic mass is 16.1. The maximum absolute atomic E-state index is 12.0. The van der Waals surface area contributed by atoms with Crippen molar-refractivity contribution in [3.05, 3.63) is 35.9 Å². The van der Waals surface area contributed by atoms with E-state index in [1.807, 2.05) is 13.0 Å². The van der Waals surface area contributed by atoms with E-state index < -0.39 is 0 Å². The van der Waals surface area contributed by atoms with Crippen LogP contribution in [-0.2, 0) is 11.2 Å². The van der Waals surface area contributed by atoms with Gasteiger partial charge in [0.05, 0.1) is 6.54 Å². The highest BCUT2D eigenvalue weighted by molar-refractivity contribution is 5.80. The summed E-state index contributed by atoms with van der Waals surface area (Å²) in [5, 5.41) is 9.70. The number of amides is 1. The molecule has 0 saturated heterocycles. The minimum absolute atomic E-state index is 0.121. The third kappa shape index (κ3) is 8.05. The predicted octanol–water partition coefficient (Wildman–Crippen LogP) is 2.62. The van der Waals surface area contributed by atoms with Crippen molar-refractivity contribution in [2.24, 2.45) is 4.99 Å². The molecule has 1 aliphatic carbocycles. The standard InChI is InChI=1S/C20H32N4O/c1-2-21-20(22-15-13-17-9-5-3-6-10-17)23-16-14-19(25)24-18-11-7-4-8-12-18/h3,5-6,9-10,18H,2,4,7-8,11-16H2,1H3,(H,24,25)(H2,21,22,23). The fourth-order valence-corrected chi connectivity index (χ4v) is 3.13. The molecule has 1 amide bonds. The maximum atomic E-state index is 12.0. The van der Waals surface area contributed by atoms with E-state index in [1.54, 1.807) is 0 Å². The van der Waals surface area contributed by atoms with Crippen LogP contribution in [0, 0.1) is 0 Å². The van der Waals surface area contributed by atoms with Crippen molar-refractivity contribution in [2.75, 3.05) is 19.6 Å². The van der Waals surface area contributed by atoms with Crippen LogP contribution in [0.25, 0.3) is 0 Å². The molecule has 1 aromatic carbocycles. The van der Waals surface area contributed by atoms with E-state index in [1.165, 1.54) is 24.8 Å². The van der Waals surface area contributed by atoms with Crippen LogP contribution in [0.5, 0.6) is 0 Å². The van der Waals surface area contributed by atoms with Crippen molar-refractivity contribution in [1.29, 1.82) is 0 Å². The normalized spacial score (nSPS) is 15.6. The molecular formula is C20H32N4O. The second kappa shape index (κ2) is 11.5. The lowest BCUT2D eigenvalue weighted by atomic mass is 9.95. The number of carbonyl (C=O) groups excluding carboxylic acids is 1. The van der Waals surface area contributed by atoms with E-state index in [2.05, 4.69) is 45.2 Å². The van der Waals surface area contributed by atoms with E-state index >= 15 is 0 Å². The summed E-state index contributed by atoms with van der Waals surface area (Å²) in [6.45, 7) is 4.19. The van der Waals surface area contributed by atoms with Gasteiger partial charge in [0, 0.05) is 25.6 Å². The topological polar surface area (TPSA) is 65.5 Å².